The van der Waals surface area contributed by atoms with Crippen molar-refractivity contribution in [1.29, 1.82) is 0 Å². The predicted molar refractivity (Wildman–Crippen MR) is 92.7 cm³/mol. The third kappa shape index (κ3) is 5.16. The lowest BCUT2D eigenvalue weighted by atomic mass is 10.1. The Labute approximate surface area is 136 Å². The Bertz CT molecular complexity index is 392. The highest BCUT2D eigenvalue weighted by atomic mass is 16.1. The second-order valence-corrected chi connectivity index (χ2v) is 6.25. The van der Waals surface area contributed by atoms with Crippen LogP contribution in [0.25, 0.3) is 0 Å². The maximum Gasteiger partial charge on any atom is 0.221 e. The van der Waals surface area contributed by atoms with Gasteiger partial charge in [-0.15, -0.1) is 0 Å². The third-order valence-electron chi connectivity index (χ3n) is 4.61. The van der Waals surface area contributed by atoms with Crippen molar-refractivity contribution in [3.63, 3.8) is 0 Å². The van der Waals surface area contributed by atoms with Gasteiger partial charge in [-0.2, -0.15) is 0 Å². The Morgan fingerprint density at radius 3 is 2.68 bits per heavy atom. The Hall–Kier alpha value is -1.29. The van der Waals surface area contributed by atoms with Crippen molar-refractivity contribution >= 4 is 5.91 Å². The van der Waals surface area contributed by atoms with E-state index in [1.807, 2.05) is 6.20 Å². The molecule has 0 aromatic heterocycles. The Morgan fingerprint density at radius 1 is 1.32 bits per heavy atom. The summed E-state index contributed by atoms with van der Waals surface area (Å²) < 4.78 is 0.728. The maximum atomic E-state index is 11.4. The highest BCUT2D eigenvalue weighted by Gasteiger charge is 2.40. The maximum absolute atomic E-state index is 11.4. The van der Waals surface area contributed by atoms with E-state index in [0.29, 0.717) is 0 Å². The van der Waals surface area contributed by atoms with Crippen LogP contribution in [0.3, 0.4) is 0 Å². The van der Waals surface area contributed by atoms with Crippen LogP contribution in [0.15, 0.2) is 24.6 Å². The molecule has 1 aliphatic rings. The normalized spacial score (nSPS) is 25.4. The molecule has 0 radical (unpaired) electrons. The summed E-state index contributed by atoms with van der Waals surface area (Å²) >= 11 is 0. The topological polar surface area (TPSA) is 41.1 Å². The Morgan fingerprint density at radius 2 is 2.05 bits per heavy atom. The molecule has 0 aromatic rings. The Kier molecular flexibility index (Phi) is 8.25. The van der Waals surface area contributed by atoms with Crippen LogP contribution in [0.1, 0.15) is 66.2 Å². The number of allylic oxidation sites excluding steroid dienone is 1. The molecule has 4 heteroatoms. The summed E-state index contributed by atoms with van der Waals surface area (Å²) in [5, 5.41) is 6.46. The van der Waals surface area contributed by atoms with Gasteiger partial charge in [-0.05, 0) is 25.8 Å². The number of carbonyl (C=O) groups excluding carboxylic acids is 1. The molecule has 2 N–H and O–H groups in total. The van der Waals surface area contributed by atoms with E-state index in [0.717, 1.165) is 17.4 Å². The molecule has 0 spiro atoms. The van der Waals surface area contributed by atoms with Gasteiger partial charge in [0.2, 0.25) is 5.91 Å². The lowest BCUT2D eigenvalue weighted by Gasteiger charge is -2.40. The summed E-state index contributed by atoms with van der Waals surface area (Å²) in [6, 6.07) is 0. The number of likely N-dealkylation sites (N-methyl/N-ethyl adjacent to an activating group) is 1. The molecule has 1 aliphatic heterocycles. The number of quaternary nitrogens is 1. The van der Waals surface area contributed by atoms with E-state index in [2.05, 4.69) is 49.8 Å². The first-order valence-corrected chi connectivity index (χ1v) is 8.81. The number of hydrogen-bond donors (Lipinski definition) is 2. The number of amides is 1. The first-order valence-electron chi connectivity index (χ1n) is 8.81. The molecule has 22 heavy (non-hydrogen) atoms. The molecule has 4 nitrogen and oxygen atoms in total. The first-order chi connectivity index (χ1) is 10.6. The van der Waals surface area contributed by atoms with Crippen molar-refractivity contribution in [1.82, 2.24) is 10.6 Å². The standard InChI is InChI=1S/C18H33N3O/c1-5-7-8-9-10-11-12-13-18-19-14-15-21(18,6-2)16(3)20-17(4)22/h12-16,18-19H,5-11H2,1-4H3/p+1/b13-12+. The van der Waals surface area contributed by atoms with E-state index < -0.39 is 0 Å². The van der Waals surface area contributed by atoms with Gasteiger partial charge in [-0.25, -0.2) is 0 Å². The number of unbranched alkanes of at least 4 members (excludes halogenated alkanes) is 5. The molecule has 1 heterocycles. The van der Waals surface area contributed by atoms with E-state index >= 15 is 0 Å². The first kappa shape index (κ1) is 18.8. The van der Waals surface area contributed by atoms with E-state index in [9.17, 15) is 4.79 Å². The predicted octanol–water partition coefficient (Wildman–Crippen LogP) is 3.62. The van der Waals surface area contributed by atoms with Crippen LogP contribution >= 0.6 is 0 Å². The van der Waals surface area contributed by atoms with E-state index in [4.69, 9.17) is 0 Å². The molecule has 0 fully saturated rings. The number of rotatable bonds is 10. The van der Waals surface area contributed by atoms with E-state index in [-0.39, 0.29) is 18.2 Å². The van der Waals surface area contributed by atoms with Crippen LogP contribution in [0.2, 0.25) is 0 Å². The van der Waals surface area contributed by atoms with Crippen LogP contribution in [0.4, 0.5) is 0 Å². The van der Waals surface area contributed by atoms with E-state index in [1.165, 1.54) is 32.1 Å². The van der Waals surface area contributed by atoms with Gasteiger partial charge in [0.15, 0.2) is 12.3 Å². The van der Waals surface area contributed by atoms with Gasteiger partial charge in [0.25, 0.3) is 0 Å². The zero-order chi connectivity index (χ0) is 16.4. The fourth-order valence-electron chi connectivity index (χ4n) is 3.18. The molecule has 126 valence electrons. The smallest absolute Gasteiger partial charge is 0.221 e. The second-order valence-electron chi connectivity index (χ2n) is 6.25. The van der Waals surface area contributed by atoms with Crippen LogP contribution in [0, 0.1) is 0 Å². The van der Waals surface area contributed by atoms with Gasteiger partial charge < -0.3 is 10.6 Å². The molecule has 0 saturated carbocycles. The van der Waals surface area contributed by atoms with Crippen molar-refractivity contribution in [2.24, 2.45) is 0 Å². The van der Waals surface area contributed by atoms with Crippen LogP contribution in [-0.4, -0.2) is 29.3 Å². The summed E-state index contributed by atoms with van der Waals surface area (Å²) in [5.41, 5.74) is 0. The minimum atomic E-state index is 0.0254. The molecule has 3 atom stereocenters. The largest absolute Gasteiger partial charge is 0.334 e. The zero-order valence-electron chi connectivity index (χ0n) is 14.8. The van der Waals surface area contributed by atoms with Crippen molar-refractivity contribution in [2.75, 3.05) is 6.54 Å². The highest BCUT2D eigenvalue weighted by Crippen LogP contribution is 2.23. The van der Waals surface area contributed by atoms with Crippen molar-refractivity contribution in [3.8, 4) is 0 Å². The van der Waals surface area contributed by atoms with Crippen LogP contribution < -0.4 is 10.6 Å². The van der Waals surface area contributed by atoms with Gasteiger partial charge in [-0.3, -0.25) is 9.28 Å². The Balaban J connectivity index is 2.52. The van der Waals surface area contributed by atoms with Crippen molar-refractivity contribution in [2.45, 2.75) is 78.6 Å². The molecule has 0 bridgehead atoms. The summed E-state index contributed by atoms with van der Waals surface area (Å²) in [4.78, 5) is 11.4. The monoisotopic (exact) mass is 308 g/mol. The van der Waals surface area contributed by atoms with Gasteiger partial charge >= 0.3 is 0 Å². The number of carbonyl (C=O) groups is 1. The quantitative estimate of drug-likeness (QED) is 0.368. The van der Waals surface area contributed by atoms with Gasteiger partial charge in [0.05, 0.1) is 12.7 Å². The molecule has 0 saturated heterocycles. The molecule has 0 aliphatic carbocycles. The van der Waals surface area contributed by atoms with Gasteiger partial charge in [-0.1, -0.05) is 38.7 Å². The molecule has 1 amide bonds. The second kappa shape index (κ2) is 9.67. The lowest BCUT2D eigenvalue weighted by Crippen LogP contribution is -2.62. The van der Waals surface area contributed by atoms with E-state index in [1.54, 1.807) is 6.92 Å². The summed E-state index contributed by atoms with van der Waals surface area (Å²) in [5.74, 6) is 0.0254. The van der Waals surface area contributed by atoms with Crippen molar-refractivity contribution < 1.29 is 9.28 Å². The molecular formula is C18H34N3O+. The molecule has 1 rings (SSSR count). The minimum absolute atomic E-state index is 0.0254. The SMILES string of the molecule is CCCCCCC/C=C/C1NC=C[N+]1(CC)C(C)NC(C)=O. The lowest BCUT2D eigenvalue weighted by molar-refractivity contribution is -0.917. The number of hydrogen-bond acceptors (Lipinski definition) is 2. The zero-order valence-corrected chi connectivity index (χ0v) is 14.8. The van der Waals surface area contributed by atoms with Crippen LogP contribution in [0.5, 0.6) is 0 Å². The number of nitrogens with one attached hydrogen (secondary N) is 2. The van der Waals surface area contributed by atoms with Gasteiger partial charge in [0, 0.05) is 13.8 Å². The average Bonchev–Trinajstić information content (AvgIpc) is 2.90. The fraction of sp³-hybridized carbons (Fsp3) is 0.722. The molecule has 3 unspecified atom stereocenters. The highest BCUT2D eigenvalue weighted by molar-refractivity contribution is 5.72. The molecular weight excluding hydrogens is 274 g/mol. The number of nitrogens with zero attached hydrogens (tertiary/aromatic N) is 1. The molecule has 0 aromatic carbocycles. The minimum Gasteiger partial charge on any atom is -0.334 e. The summed E-state index contributed by atoms with van der Waals surface area (Å²) in [6.07, 6.45) is 16.7. The van der Waals surface area contributed by atoms with Crippen LogP contribution in [-0.2, 0) is 4.79 Å². The third-order valence-corrected chi connectivity index (χ3v) is 4.61. The average molecular weight is 308 g/mol. The van der Waals surface area contributed by atoms with Gasteiger partial charge in [0.1, 0.15) is 6.20 Å². The summed E-state index contributed by atoms with van der Waals surface area (Å²) in [7, 11) is 0. The van der Waals surface area contributed by atoms with Crippen molar-refractivity contribution in [3.05, 3.63) is 24.6 Å². The summed E-state index contributed by atoms with van der Waals surface area (Å²) in [6.45, 7) is 9.01. The fourth-order valence-corrected chi connectivity index (χ4v) is 3.18.